The van der Waals surface area contributed by atoms with Crippen LogP contribution in [0.4, 0.5) is 0 Å². The smallest absolute Gasteiger partial charge is 0.129 e. The van der Waals surface area contributed by atoms with Gasteiger partial charge in [-0.15, -0.1) is 0 Å². The molecule has 0 aliphatic carbocycles. The summed E-state index contributed by atoms with van der Waals surface area (Å²) < 4.78 is 5.29. The van der Waals surface area contributed by atoms with Crippen LogP contribution in [0.3, 0.4) is 0 Å². The Hall–Kier alpha value is -0.770. The Balaban J connectivity index is 3.27. The van der Waals surface area contributed by atoms with E-state index >= 15 is 0 Å². The lowest BCUT2D eigenvalue weighted by atomic mass is 9.99. The van der Waals surface area contributed by atoms with E-state index < -0.39 is 6.10 Å². The summed E-state index contributed by atoms with van der Waals surface area (Å²) in [6, 6.07) is 1.86. The van der Waals surface area contributed by atoms with Crippen molar-refractivity contribution >= 4 is 11.6 Å². The van der Waals surface area contributed by atoms with Gasteiger partial charge in [-0.2, -0.15) is 0 Å². The molecule has 0 saturated carbocycles. The van der Waals surface area contributed by atoms with Gasteiger partial charge in [-0.3, -0.25) is 0 Å². The highest BCUT2D eigenvalue weighted by Gasteiger charge is 2.17. The van der Waals surface area contributed by atoms with E-state index in [-0.39, 0.29) is 0 Å². The fraction of sp³-hybridized carbons (Fsp3) is 0.500. The summed E-state index contributed by atoms with van der Waals surface area (Å²) in [6.45, 7) is 4.23. The first-order valence-electron chi connectivity index (χ1n) is 5.24. The number of benzene rings is 1. The maximum absolute atomic E-state index is 9.97. The van der Waals surface area contributed by atoms with Gasteiger partial charge in [0, 0.05) is 11.1 Å². The monoisotopic (exact) mass is 243 g/mol. The number of aliphatic hydroxyl groups is 1. The second-order valence-electron chi connectivity index (χ2n) is 3.85. The summed E-state index contributed by atoms with van der Waals surface area (Å²) in [5.41, 5.74) is 7.99. The highest BCUT2D eigenvalue weighted by molar-refractivity contribution is 6.32. The van der Waals surface area contributed by atoms with E-state index in [0.717, 1.165) is 16.7 Å². The van der Waals surface area contributed by atoms with Gasteiger partial charge in [-0.25, -0.2) is 0 Å². The molecule has 90 valence electrons. The number of hydrogen-bond acceptors (Lipinski definition) is 3. The van der Waals surface area contributed by atoms with Crippen molar-refractivity contribution in [1.29, 1.82) is 0 Å². The number of aliphatic hydroxyl groups excluding tert-OH is 1. The average molecular weight is 244 g/mol. The highest BCUT2D eigenvalue weighted by Crippen LogP contribution is 2.36. The Morgan fingerprint density at radius 1 is 1.50 bits per heavy atom. The Labute approximate surface area is 101 Å². The van der Waals surface area contributed by atoms with Gasteiger partial charge >= 0.3 is 0 Å². The molecule has 3 N–H and O–H groups in total. The SMILES string of the molecule is COc1c(C(O)CCN)cc(C)c(Cl)c1C. The normalized spacial score (nSPS) is 12.6. The third kappa shape index (κ3) is 2.48. The van der Waals surface area contributed by atoms with Crippen molar-refractivity contribution < 1.29 is 9.84 Å². The molecule has 3 nitrogen and oxygen atoms in total. The van der Waals surface area contributed by atoms with E-state index in [1.54, 1.807) is 7.11 Å². The Kier molecular flexibility index (Phi) is 4.59. The predicted octanol–water partition coefficient (Wildman–Crippen LogP) is 2.35. The van der Waals surface area contributed by atoms with Crippen molar-refractivity contribution in [3.05, 3.63) is 27.8 Å². The fourth-order valence-electron chi connectivity index (χ4n) is 1.81. The lowest BCUT2D eigenvalue weighted by Crippen LogP contribution is -2.09. The molecule has 1 atom stereocenters. The number of halogens is 1. The lowest BCUT2D eigenvalue weighted by molar-refractivity contribution is 0.166. The molecule has 0 fully saturated rings. The molecule has 0 radical (unpaired) electrons. The number of ether oxygens (including phenoxy) is 1. The van der Waals surface area contributed by atoms with Crippen LogP contribution in [0, 0.1) is 13.8 Å². The van der Waals surface area contributed by atoms with Crippen LogP contribution >= 0.6 is 11.6 Å². The van der Waals surface area contributed by atoms with Crippen LogP contribution in [0.1, 0.15) is 29.2 Å². The van der Waals surface area contributed by atoms with Crippen LogP contribution in [-0.4, -0.2) is 18.8 Å². The molecule has 16 heavy (non-hydrogen) atoms. The molecule has 1 aromatic carbocycles. The first-order chi connectivity index (χ1) is 7.52. The minimum absolute atomic E-state index is 0.436. The maximum atomic E-state index is 9.97. The van der Waals surface area contributed by atoms with Crippen molar-refractivity contribution in [2.24, 2.45) is 5.73 Å². The van der Waals surface area contributed by atoms with Gasteiger partial charge in [0.2, 0.25) is 0 Å². The first-order valence-corrected chi connectivity index (χ1v) is 5.62. The lowest BCUT2D eigenvalue weighted by Gasteiger charge is -2.18. The number of hydrogen-bond donors (Lipinski definition) is 2. The Morgan fingerprint density at radius 3 is 2.62 bits per heavy atom. The highest BCUT2D eigenvalue weighted by atomic mass is 35.5. The minimum atomic E-state index is -0.602. The zero-order chi connectivity index (χ0) is 12.3. The third-order valence-electron chi connectivity index (χ3n) is 2.65. The maximum Gasteiger partial charge on any atom is 0.129 e. The summed E-state index contributed by atoms with van der Waals surface area (Å²) in [5, 5.41) is 10.7. The molecule has 0 amide bonds. The Morgan fingerprint density at radius 2 is 2.12 bits per heavy atom. The Bertz CT molecular complexity index is 380. The average Bonchev–Trinajstić information content (AvgIpc) is 2.26. The van der Waals surface area contributed by atoms with Crippen molar-refractivity contribution in [2.75, 3.05) is 13.7 Å². The molecule has 1 aromatic rings. The van der Waals surface area contributed by atoms with Crippen molar-refractivity contribution in [2.45, 2.75) is 26.4 Å². The number of methoxy groups -OCH3 is 1. The number of nitrogens with two attached hydrogens (primary N) is 1. The fourth-order valence-corrected chi connectivity index (χ4v) is 1.95. The summed E-state index contributed by atoms with van der Waals surface area (Å²) in [4.78, 5) is 0. The van der Waals surface area contributed by atoms with Crippen molar-refractivity contribution in [3.8, 4) is 5.75 Å². The first kappa shape index (κ1) is 13.3. The van der Waals surface area contributed by atoms with Crippen LogP contribution in [0.25, 0.3) is 0 Å². The molecule has 0 bridgehead atoms. The second-order valence-corrected chi connectivity index (χ2v) is 4.23. The largest absolute Gasteiger partial charge is 0.496 e. The van der Waals surface area contributed by atoms with Crippen LogP contribution < -0.4 is 10.5 Å². The molecule has 4 heteroatoms. The van der Waals surface area contributed by atoms with Crippen molar-refractivity contribution in [3.63, 3.8) is 0 Å². The van der Waals surface area contributed by atoms with Crippen LogP contribution in [-0.2, 0) is 0 Å². The summed E-state index contributed by atoms with van der Waals surface area (Å²) in [7, 11) is 1.58. The number of rotatable bonds is 4. The molecule has 0 spiro atoms. The van der Waals surface area contributed by atoms with Gasteiger partial charge in [0.1, 0.15) is 5.75 Å². The quantitative estimate of drug-likeness (QED) is 0.854. The molecule has 0 heterocycles. The van der Waals surface area contributed by atoms with Gasteiger partial charge in [0.05, 0.1) is 18.2 Å². The van der Waals surface area contributed by atoms with E-state index in [9.17, 15) is 5.11 Å². The van der Waals surface area contributed by atoms with Gasteiger partial charge in [0.25, 0.3) is 0 Å². The molecule has 1 rings (SSSR count). The molecule has 1 unspecified atom stereocenters. The topological polar surface area (TPSA) is 55.5 Å². The summed E-state index contributed by atoms with van der Waals surface area (Å²) in [6.07, 6.45) is -0.0914. The van der Waals surface area contributed by atoms with Gasteiger partial charge < -0.3 is 15.6 Å². The van der Waals surface area contributed by atoms with E-state index in [1.807, 2.05) is 19.9 Å². The number of aryl methyl sites for hydroxylation is 1. The van der Waals surface area contributed by atoms with Crippen LogP contribution in [0.5, 0.6) is 5.75 Å². The minimum Gasteiger partial charge on any atom is -0.496 e. The molecular weight excluding hydrogens is 226 g/mol. The summed E-state index contributed by atoms with van der Waals surface area (Å²) in [5.74, 6) is 0.650. The van der Waals surface area contributed by atoms with Gasteiger partial charge in [-0.1, -0.05) is 11.6 Å². The van der Waals surface area contributed by atoms with Crippen molar-refractivity contribution in [1.82, 2.24) is 0 Å². The van der Waals surface area contributed by atoms with Gasteiger partial charge in [0.15, 0.2) is 0 Å². The molecule has 0 aromatic heterocycles. The van der Waals surface area contributed by atoms with Crippen LogP contribution in [0.2, 0.25) is 5.02 Å². The zero-order valence-corrected chi connectivity index (χ0v) is 10.6. The van der Waals surface area contributed by atoms with Crippen LogP contribution in [0.15, 0.2) is 6.07 Å². The molecule has 0 aliphatic heterocycles. The van der Waals surface area contributed by atoms with E-state index in [2.05, 4.69) is 0 Å². The standard InChI is InChI=1S/C12H18ClNO2/c1-7-6-9(10(15)4-5-14)12(16-3)8(2)11(7)13/h6,10,15H,4-5,14H2,1-3H3. The predicted molar refractivity (Wildman–Crippen MR) is 66.1 cm³/mol. The molecule has 0 aliphatic rings. The van der Waals surface area contributed by atoms with E-state index in [0.29, 0.717) is 23.7 Å². The zero-order valence-electron chi connectivity index (χ0n) is 9.88. The molecule has 0 saturated heterocycles. The summed E-state index contributed by atoms with van der Waals surface area (Å²) >= 11 is 6.13. The second kappa shape index (κ2) is 5.53. The molecular formula is C12H18ClNO2. The van der Waals surface area contributed by atoms with E-state index in [1.165, 1.54) is 0 Å². The third-order valence-corrected chi connectivity index (χ3v) is 3.24. The van der Waals surface area contributed by atoms with Gasteiger partial charge in [-0.05, 0) is 38.4 Å². The van der Waals surface area contributed by atoms with E-state index in [4.69, 9.17) is 22.1 Å².